The first-order chi connectivity index (χ1) is 12.8. The highest BCUT2D eigenvalue weighted by atomic mass is 16.4. The summed E-state index contributed by atoms with van der Waals surface area (Å²) in [6.45, 7) is 1.94. The third-order valence-corrected chi connectivity index (χ3v) is 5.65. The Morgan fingerprint density at radius 2 is 2.15 bits per heavy atom. The standard InChI is InChI=1S/C20H22N4O2/c25-19(9-11-24-13-21-15-6-1-2-7-17(15)24)23-10-8-18-16(12-23)22-20(26-18)14-4-3-5-14/h1-2,6-7,13-14H,3-5,8-12H2. The summed E-state index contributed by atoms with van der Waals surface area (Å²) in [5.74, 6) is 2.54. The summed E-state index contributed by atoms with van der Waals surface area (Å²) in [4.78, 5) is 23.7. The summed E-state index contributed by atoms with van der Waals surface area (Å²) in [6, 6.07) is 8.01. The first-order valence-electron chi connectivity index (χ1n) is 9.44. The zero-order valence-electron chi connectivity index (χ0n) is 14.7. The van der Waals surface area contributed by atoms with Crippen LogP contribution in [0.4, 0.5) is 0 Å². The third-order valence-electron chi connectivity index (χ3n) is 5.65. The first-order valence-corrected chi connectivity index (χ1v) is 9.44. The molecule has 0 spiro atoms. The van der Waals surface area contributed by atoms with Crippen molar-refractivity contribution in [1.82, 2.24) is 19.4 Å². The number of carbonyl (C=O) groups excluding carboxylic acids is 1. The summed E-state index contributed by atoms with van der Waals surface area (Å²) in [7, 11) is 0. The summed E-state index contributed by atoms with van der Waals surface area (Å²) in [6.07, 6.45) is 6.69. The van der Waals surface area contributed by atoms with Gasteiger partial charge in [-0.1, -0.05) is 18.6 Å². The SMILES string of the molecule is O=C(CCn1cnc2ccccc21)N1CCc2oc(C3CCC3)nc2C1. The Labute approximate surface area is 151 Å². The van der Waals surface area contributed by atoms with Crippen LogP contribution in [-0.4, -0.2) is 31.9 Å². The van der Waals surface area contributed by atoms with E-state index in [1.165, 1.54) is 19.3 Å². The van der Waals surface area contributed by atoms with Gasteiger partial charge in [-0.05, 0) is 25.0 Å². The van der Waals surface area contributed by atoms with Gasteiger partial charge in [0, 0.05) is 31.8 Å². The van der Waals surface area contributed by atoms with Crippen molar-refractivity contribution in [2.24, 2.45) is 0 Å². The number of imidazole rings is 1. The Hall–Kier alpha value is -2.63. The second kappa shape index (κ2) is 6.27. The summed E-state index contributed by atoms with van der Waals surface area (Å²) in [5.41, 5.74) is 3.00. The van der Waals surface area contributed by atoms with Gasteiger partial charge in [-0.2, -0.15) is 0 Å². The van der Waals surface area contributed by atoms with Crippen LogP contribution in [0.1, 0.15) is 48.9 Å². The van der Waals surface area contributed by atoms with Crippen LogP contribution in [0.2, 0.25) is 0 Å². The number of aromatic nitrogens is 3. The van der Waals surface area contributed by atoms with E-state index in [1.54, 1.807) is 0 Å². The zero-order chi connectivity index (χ0) is 17.5. The van der Waals surface area contributed by atoms with Crippen molar-refractivity contribution in [3.8, 4) is 0 Å². The molecule has 6 heteroatoms. The summed E-state index contributed by atoms with van der Waals surface area (Å²) >= 11 is 0. The molecular weight excluding hydrogens is 328 g/mol. The monoisotopic (exact) mass is 350 g/mol. The topological polar surface area (TPSA) is 64.2 Å². The number of aryl methyl sites for hydroxylation is 1. The minimum absolute atomic E-state index is 0.168. The highest BCUT2D eigenvalue weighted by Gasteiger charge is 2.30. The van der Waals surface area contributed by atoms with Crippen LogP contribution in [-0.2, 0) is 24.3 Å². The van der Waals surface area contributed by atoms with Crippen LogP contribution >= 0.6 is 0 Å². The number of rotatable bonds is 4. The predicted molar refractivity (Wildman–Crippen MR) is 96.6 cm³/mol. The molecule has 3 heterocycles. The molecule has 3 aromatic rings. The largest absolute Gasteiger partial charge is 0.445 e. The lowest BCUT2D eigenvalue weighted by atomic mass is 9.85. The highest BCUT2D eigenvalue weighted by Crippen LogP contribution is 2.37. The molecule has 2 aromatic heterocycles. The molecule has 0 bridgehead atoms. The van der Waals surface area contributed by atoms with Crippen molar-refractivity contribution in [3.05, 3.63) is 47.9 Å². The van der Waals surface area contributed by atoms with Gasteiger partial charge in [0.2, 0.25) is 5.91 Å². The summed E-state index contributed by atoms with van der Waals surface area (Å²) < 4.78 is 7.99. The van der Waals surface area contributed by atoms with Crippen molar-refractivity contribution in [2.75, 3.05) is 6.54 Å². The van der Waals surface area contributed by atoms with Gasteiger partial charge in [-0.3, -0.25) is 4.79 Å². The van der Waals surface area contributed by atoms with Gasteiger partial charge in [-0.25, -0.2) is 9.97 Å². The van der Waals surface area contributed by atoms with Crippen LogP contribution in [0, 0.1) is 0 Å². The molecule has 0 unspecified atom stereocenters. The molecular formula is C20H22N4O2. The minimum Gasteiger partial charge on any atom is -0.445 e. The minimum atomic E-state index is 0.168. The van der Waals surface area contributed by atoms with Crippen molar-refractivity contribution in [2.45, 2.75) is 51.1 Å². The molecule has 1 aromatic carbocycles. The molecule has 0 atom stereocenters. The van der Waals surface area contributed by atoms with Crippen molar-refractivity contribution in [1.29, 1.82) is 0 Å². The van der Waals surface area contributed by atoms with E-state index in [4.69, 9.17) is 4.42 Å². The van der Waals surface area contributed by atoms with E-state index < -0.39 is 0 Å². The van der Waals surface area contributed by atoms with Gasteiger partial charge in [0.15, 0.2) is 5.89 Å². The van der Waals surface area contributed by atoms with E-state index >= 15 is 0 Å². The second-order valence-corrected chi connectivity index (χ2v) is 7.29. The van der Waals surface area contributed by atoms with E-state index in [0.29, 0.717) is 25.4 Å². The number of carbonyl (C=O) groups is 1. The molecule has 1 fully saturated rings. The lowest BCUT2D eigenvalue weighted by Crippen LogP contribution is -2.36. The number of fused-ring (bicyclic) bond motifs is 2. The number of nitrogens with zero attached hydrogens (tertiary/aromatic N) is 4. The van der Waals surface area contributed by atoms with Crippen molar-refractivity contribution < 1.29 is 9.21 Å². The van der Waals surface area contributed by atoms with Gasteiger partial charge < -0.3 is 13.9 Å². The number of benzene rings is 1. The van der Waals surface area contributed by atoms with Gasteiger partial charge in [0.25, 0.3) is 0 Å². The highest BCUT2D eigenvalue weighted by molar-refractivity contribution is 5.77. The molecule has 6 nitrogen and oxygen atoms in total. The molecule has 1 aliphatic carbocycles. The Morgan fingerprint density at radius 3 is 3.00 bits per heavy atom. The van der Waals surface area contributed by atoms with Crippen molar-refractivity contribution >= 4 is 16.9 Å². The molecule has 0 radical (unpaired) electrons. The van der Waals surface area contributed by atoms with E-state index in [1.807, 2.05) is 40.1 Å². The number of hydrogen-bond acceptors (Lipinski definition) is 4. The average molecular weight is 350 g/mol. The molecule has 134 valence electrons. The Kier molecular flexibility index (Phi) is 3.76. The quantitative estimate of drug-likeness (QED) is 0.724. The zero-order valence-corrected chi connectivity index (χ0v) is 14.7. The molecule has 2 aliphatic rings. The molecule has 26 heavy (non-hydrogen) atoms. The van der Waals surface area contributed by atoms with Gasteiger partial charge >= 0.3 is 0 Å². The Bertz CT molecular complexity index is 954. The lowest BCUT2D eigenvalue weighted by Gasteiger charge is -2.25. The molecule has 1 aliphatic heterocycles. The van der Waals surface area contributed by atoms with Crippen LogP contribution in [0.5, 0.6) is 0 Å². The fourth-order valence-corrected chi connectivity index (χ4v) is 3.82. The van der Waals surface area contributed by atoms with Gasteiger partial charge in [0.1, 0.15) is 11.5 Å². The van der Waals surface area contributed by atoms with Crippen LogP contribution in [0.3, 0.4) is 0 Å². The lowest BCUT2D eigenvalue weighted by molar-refractivity contribution is -0.132. The fraction of sp³-hybridized carbons (Fsp3) is 0.450. The fourth-order valence-electron chi connectivity index (χ4n) is 3.82. The van der Waals surface area contributed by atoms with Gasteiger partial charge in [0.05, 0.1) is 23.9 Å². The Morgan fingerprint density at radius 1 is 1.27 bits per heavy atom. The molecule has 1 saturated carbocycles. The predicted octanol–water partition coefficient (Wildman–Crippen LogP) is 3.27. The number of amides is 1. The second-order valence-electron chi connectivity index (χ2n) is 7.29. The van der Waals surface area contributed by atoms with E-state index in [9.17, 15) is 4.79 Å². The molecule has 5 rings (SSSR count). The summed E-state index contributed by atoms with van der Waals surface area (Å²) in [5, 5.41) is 0. The molecule has 0 saturated heterocycles. The van der Waals surface area contributed by atoms with Gasteiger partial charge in [-0.15, -0.1) is 0 Å². The van der Waals surface area contributed by atoms with E-state index in [2.05, 4.69) is 9.97 Å². The first kappa shape index (κ1) is 15.6. The third kappa shape index (κ3) is 2.69. The van der Waals surface area contributed by atoms with Crippen LogP contribution in [0.15, 0.2) is 35.0 Å². The maximum absolute atomic E-state index is 12.7. The Balaban J connectivity index is 1.24. The molecule has 1 amide bonds. The maximum atomic E-state index is 12.7. The number of para-hydroxylation sites is 2. The van der Waals surface area contributed by atoms with Crippen molar-refractivity contribution in [3.63, 3.8) is 0 Å². The average Bonchev–Trinajstić information content (AvgIpc) is 3.21. The smallest absolute Gasteiger partial charge is 0.224 e. The van der Waals surface area contributed by atoms with Crippen LogP contribution < -0.4 is 0 Å². The molecule has 0 N–H and O–H groups in total. The number of hydrogen-bond donors (Lipinski definition) is 0. The maximum Gasteiger partial charge on any atom is 0.224 e. The normalized spacial score (nSPS) is 17.3. The number of oxazole rings is 1. The van der Waals surface area contributed by atoms with E-state index in [-0.39, 0.29) is 5.91 Å². The van der Waals surface area contributed by atoms with E-state index in [0.717, 1.165) is 41.3 Å². The van der Waals surface area contributed by atoms with Crippen LogP contribution in [0.25, 0.3) is 11.0 Å².